The molecular weight excluding hydrogens is 131 g/mol. The van der Waals surface area contributed by atoms with Gasteiger partial charge in [-0.15, -0.1) is 0 Å². The molecule has 0 aliphatic rings. The predicted octanol–water partition coefficient (Wildman–Crippen LogP) is 2.17. The number of hydrogen-bond donors (Lipinski definition) is 0. The highest BCUT2D eigenvalue weighted by Gasteiger charge is 1.89. The maximum absolute atomic E-state index is 12.3. The predicted molar refractivity (Wildman–Crippen MR) is 39.2 cm³/mol. The monoisotopic (exact) mass is 140 g/mol. The maximum Gasteiger partial charge on any atom is 0.124 e. The molecule has 0 fully saturated rings. The van der Waals surface area contributed by atoms with Crippen molar-refractivity contribution in [1.29, 1.82) is 0 Å². The lowest BCUT2D eigenvalue weighted by Gasteiger charge is -1.89. The van der Waals surface area contributed by atoms with Gasteiger partial charge >= 0.3 is 0 Å². The van der Waals surface area contributed by atoms with Crippen molar-refractivity contribution in [2.24, 2.45) is 0 Å². The van der Waals surface area contributed by atoms with Crippen LogP contribution in [0.2, 0.25) is 0 Å². The SMILES string of the molecule is C=C/C(F)=C\C(=C)CC=O. The van der Waals surface area contributed by atoms with E-state index in [1.807, 2.05) is 0 Å². The summed E-state index contributed by atoms with van der Waals surface area (Å²) in [6, 6.07) is 0. The zero-order valence-corrected chi connectivity index (χ0v) is 5.64. The van der Waals surface area contributed by atoms with E-state index < -0.39 is 5.83 Å². The van der Waals surface area contributed by atoms with Crippen LogP contribution in [0.4, 0.5) is 4.39 Å². The highest BCUT2D eigenvalue weighted by atomic mass is 19.1. The van der Waals surface area contributed by atoms with Gasteiger partial charge in [-0.2, -0.15) is 0 Å². The third-order valence-corrected chi connectivity index (χ3v) is 0.883. The zero-order chi connectivity index (χ0) is 7.98. The van der Waals surface area contributed by atoms with E-state index in [0.29, 0.717) is 11.9 Å². The molecule has 1 nitrogen and oxygen atoms in total. The van der Waals surface area contributed by atoms with Crippen molar-refractivity contribution in [3.8, 4) is 0 Å². The van der Waals surface area contributed by atoms with Gasteiger partial charge in [-0.3, -0.25) is 0 Å². The molecule has 0 atom stereocenters. The quantitative estimate of drug-likeness (QED) is 0.432. The van der Waals surface area contributed by atoms with E-state index in [9.17, 15) is 9.18 Å². The Labute approximate surface area is 59.6 Å². The molecule has 54 valence electrons. The molecule has 0 rings (SSSR count). The summed E-state index contributed by atoms with van der Waals surface area (Å²) in [5, 5.41) is 0. The Morgan fingerprint density at radius 1 is 1.60 bits per heavy atom. The molecule has 2 heteroatoms. The lowest BCUT2D eigenvalue weighted by atomic mass is 10.2. The Morgan fingerprint density at radius 2 is 2.20 bits per heavy atom. The molecule has 0 bridgehead atoms. The van der Waals surface area contributed by atoms with Crippen LogP contribution in [0.1, 0.15) is 6.42 Å². The van der Waals surface area contributed by atoms with Crippen molar-refractivity contribution in [3.63, 3.8) is 0 Å². The van der Waals surface area contributed by atoms with Crippen LogP contribution in [0.5, 0.6) is 0 Å². The van der Waals surface area contributed by atoms with E-state index in [1.165, 1.54) is 6.08 Å². The minimum absolute atomic E-state index is 0.168. The molecule has 0 aromatic carbocycles. The average Bonchev–Trinajstić information content (AvgIpc) is 1.88. The van der Waals surface area contributed by atoms with Crippen LogP contribution in [0.3, 0.4) is 0 Å². The van der Waals surface area contributed by atoms with Crippen LogP contribution in [0.15, 0.2) is 36.7 Å². The fourth-order valence-corrected chi connectivity index (χ4v) is 0.420. The van der Waals surface area contributed by atoms with Gasteiger partial charge in [0.25, 0.3) is 0 Å². The molecule has 0 saturated heterocycles. The zero-order valence-electron chi connectivity index (χ0n) is 5.64. The van der Waals surface area contributed by atoms with E-state index in [2.05, 4.69) is 13.2 Å². The van der Waals surface area contributed by atoms with E-state index in [4.69, 9.17) is 0 Å². The van der Waals surface area contributed by atoms with Gasteiger partial charge in [0.15, 0.2) is 0 Å². The summed E-state index contributed by atoms with van der Waals surface area (Å²) in [5.41, 5.74) is 0.451. The Hall–Kier alpha value is -1.18. The fraction of sp³-hybridized carbons (Fsp3) is 0.125. The molecule has 0 aromatic rings. The first kappa shape index (κ1) is 8.82. The van der Waals surface area contributed by atoms with Gasteiger partial charge in [-0.05, 0) is 17.7 Å². The number of allylic oxidation sites excluding steroid dienone is 4. The van der Waals surface area contributed by atoms with Gasteiger partial charge < -0.3 is 4.79 Å². The van der Waals surface area contributed by atoms with E-state index >= 15 is 0 Å². The van der Waals surface area contributed by atoms with E-state index in [-0.39, 0.29) is 6.42 Å². The van der Waals surface area contributed by atoms with Gasteiger partial charge in [0.2, 0.25) is 0 Å². The molecule has 0 spiro atoms. The van der Waals surface area contributed by atoms with Crippen molar-refractivity contribution in [2.45, 2.75) is 6.42 Å². The first-order valence-corrected chi connectivity index (χ1v) is 2.81. The normalized spacial score (nSPS) is 10.7. The largest absolute Gasteiger partial charge is 0.303 e. The summed E-state index contributed by atoms with van der Waals surface area (Å²) in [6.45, 7) is 6.64. The van der Waals surface area contributed by atoms with Crippen molar-refractivity contribution >= 4 is 6.29 Å². The number of rotatable bonds is 4. The lowest BCUT2D eigenvalue weighted by molar-refractivity contribution is -0.107. The van der Waals surface area contributed by atoms with Crippen molar-refractivity contribution < 1.29 is 9.18 Å². The summed E-state index contributed by atoms with van der Waals surface area (Å²) in [4.78, 5) is 9.85. The van der Waals surface area contributed by atoms with Crippen molar-refractivity contribution in [1.82, 2.24) is 0 Å². The third-order valence-electron chi connectivity index (χ3n) is 0.883. The molecular formula is C8H9FO. The second-order valence-corrected chi connectivity index (χ2v) is 1.76. The molecule has 10 heavy (non-hydrogen) atoms. The molecule has 0 unspecified atom stereocenters. The lowest BCUT2D eigenvalue weighted by Crippen LogP contribution is -1.77. The molecule has 0 N–H and O–H groups in total. The average molecular weight is 140 g/mol. The Kier molecular flexibility index (Phi) is 4.12. The molecule has 0 saturated carbocycles. The molecule has 0 amide bonds. The minimum atomic E-state index is -0.466. The van der Waals surface area contributed by atoms with Crippen LogP contribution in [0.25, 0.3) is 0 Å². The topological polar surface area (TPSA) is 17.1 Å². The fourth-order valence-electron chi connectivity index (χ4n) is 0.420. The number of aldehydes is 1. The standard InChI is InChI=1S/C8H9FO/c1-3-8(9)6-7(2)4-5-10/h3,5-6H,1-2,4H2/b8-6+. The Morgan fingerprint density at radius 3 is 2.60 bits per heavy atom. The minimum Gasteiger partial charge on any atom is -0.303 e. The van der Waals surface area contributed by atoms with Gasteiger partial charge in [0.1, 0.15) is 12.1 Å². The molecule has 0 aliphatic carbocycles. The van der Waals surface area contributed by atoms with Gasteiger partial charge in [0, 0.05) is 6.42 Å². The van der Waals surface area contributed by atoms with Crippen molar-refractivity contribution in [3.05, 3.63) is 36.7 Å². The summed E-state index contributed by atoms with van der Waals surface area (Å²) >= 11 is 0. The van der Waals surface area contributed by atoms with Crippen LogP contribution < -0.4 is 0 Å². The number of carbonyl (C=O) groups excluding carboxylic acids is 1. The number of carbonyl (C=O) groups is 1. The molecule has 0 aliphatic heterocycles. The van der Waals surface area contributed by atoms with Gasteiger partial charge in [-0.25, -0.2) is 4.39 Å². The summed E-state index contributed by atoms with van der Waals surface area (Å²) in [7, 11) is 0. The first-order chi connectivity index (χ1) is 4.70. The second kappa shape index (κ2) is 4.68. The van der Waals surface area contributed by atoms with Gasteiger partial charge in [-0.1, -0.05) is 13.2 Å². The van der Waals surface area contributed by atoms with Gasteiger partial charge in [0.05, 0.1) is 0 Å². The van der Waals surface area contributed by atoms with Crippen molar-refractivity contribution in [2.75, 3.05) is 0 Å². The first-order valence-electron chi connectivity index (χ1n) is 2.81. The van der Waals surface area contributed by atoms with Crippen LogP contribution in [0, 0.1) is 0 Å². The molecule has 0 radical (unpaired) electrons. The van der Waals surface area contributed by atoms with E-state index in [1.54, 1.807) is 0 Å². The number of hydrogen-bond acceptors (Lipinski definition) is 1. The molecule has 0 aromatic heterocycles. The highest BCUT2D eigenvalue weighted by Crippen LogP contribution is 2.04. The second-order valence-electron chi connectivity index (χ2n) is 1.76. The summed E-state index contributed by atoms with van der Waals surface area (Å²) in [6.07, 6.45) is 3.09. The van der Waals surface area contributed by atoms with Crippen LogP contribution in [-0.4, -0.2) is 6.29 Å². The highest BCUT2D eigenvalue weighted by molar-refractivity contribution is 5.55. The maximum atomic E-state index is 12.3. The van der Waals surface area contributed by atoms with E-state index in [0.717, 1.165) is 6.08 Å². The van der Waals surface area contributed by atoms with Crippen LogP contribution in [-0.2, 0) is 4.79 Å². The van der Waals surface area contributed by atoms with Crippen LogP contribution >= 0.6 is 0 Å². The smallest absolute Gasteiger partial charge is 0.124 e. The number of halogens is 1. The Balaban J connectivity index is 3.98. The molecule has 0 heterocycles. The summed E-state index contributed by atoms with van der Waals surface area (Å²) in [5.74, 6) is -0.466. The third kappa shape index (κ3) is 3.78. The Bertz CT molecular complexity index is 180. The summed E-state index contributed by atoms with van der Waals surface area (Å²) < 4.78 is 12.3.